The SMILES string of the molecule is [C-]#N.[C-]#N.[C-]#N.[C-]#N.[C-]#N.[C-]#N.[C-]#N.[C-]#N.[C-]#N.[C-]#N.[C-]#N.[C-]#N.[C-]#N.[C-]#N.[C-]#N.[C-]#N.[C-]#N.[C-]#N.[Fe+3].[Fe+3].[Fe+3].[Fe+3].[Ru+2].[Ru+2].[Ru+2]. The van der Waals surface area contributed by atoms with Crippen LogP contribution in [-0.2, 0) is 127 Å². The molecule has 0 aliphatic heterocycles. The molecule has 0 aromatic rings. The van der Waals surface area contributed by atoms with Crippen molar-refractivity contribution in [1.29, 1.82) is 94.7 Å². The third-order valence-corrected chi connectivity index (χ3v) is 0. The Labute approximate surface area is 336 Å². The van der Waals surface area contributed by atoms with Crippen LogP contribution in [0.5, 0.6) is 0 Å². The first-order valence-electron chi connectivity index (χ1n) is 4.02. The quantitative estimate of drug-likeness (QED) is 0.246. The topological polar surface area (TPSA) is 428 Å². The van der Waals surface area contributed by atoms with E-state index in [2.05, 4.69) is 0 Å². The van der Waals surface area contributed by atoms with Gasteiger partial charge in [-0.25, -0.2) is 0 Å². The minimum absolute atomic E-state index is 0. The Hall–Kier alpha value is -5.23. The smallest absolute Gasteiger partial charge is 0.512 e. The van der Waals surface area contributed by atoms with E-state index in [9.17, 15) is 0 Å². The zero-order valence-corrected chi connectivity index (χ0v) is 29.2. The summed E-state index contributed by atoms with van der Waals surface area (Å²) in [4.78, 5) is 0. The van der Waals surface area contributed by atoms with E-state index in [0.29, 0.717) is 0 Å². The van der Waals surface area contributed by atoms with Crippen molar-refractivity contribution in [2.45, 2.75) is 0 Å². The van der Waals surface area contributed by atoms with E-state index < -0.39 is 0 Å². The summed E-state index contributed by atoms with van der Waals surface area (Å²) in [5.41, 5.74) is 0. The van der Waals surface area contributed by atoms with Crippen LogP contribution in [0.1, 0.15) is 0 Å². The second-order valence-electron chi connectivity index (χ2n) is 0. The van der Waals surface area contributed by atoms with Crippen molar-refractivity contribution < 1.29 is 127 Å². The van der Waals surface area contributed by atoms with Crippen LogP contribution in [0.4, 0.5) is 0 Å². The molecule has 0 atom stereocenters. The molecule has 0 unspecified atom stereocenters. The number of rotatable bonds is 0. The van der Waals surface area contributed by atoms with E-state index in [1.165, 1.54) is 0 Å². The van der Waals surface area contributed by atoms with Gasteiger partial charge in [0.1, 0.15) is 0 Å². The molecule has 0 aliphatic rings. The number of hydrogen-bond acceptors (Lipinski definition) is 18. The fourth-order valence-corrected chi connectivity index (χ4v) is 0. The van der Waals surface area contributed by atoms with E-state index >= 15 is 0 Å². The Kier molecular flexibility index (Phi) is 12500. The summed E-state index contributed by atoms with van der Waals surface area (Å²) in [6.45, 7) is 85.5. The minimum Gasteiger partial charge on any atom is -0.512 e. The van der Waals surface area contributed by atoms with Gasteiger partial charge in [-0.2, -0.15) is 0 Å². The van der Waals surface area contributed by atoms with Crippen molar-refractivity contribution in [2.75, 3.05) is 0 Å². The molecule has 25 heteroatoms. The average molecular weight is 995 g/mol. The molecule has 4 radical (unpaired) electrons. The third kappa shape index (κ3) is 1620. The van der Waals surface area contributed by atoms with Gasteiger partial charge in [-0.15, -0.1) is 0 Å². The maximum absolute atomic E-state index is 6.25. The first-order chi connectivity index (χ1) is 18.0. The molecule has 0 amide bonds. The van der Waals surface area contributed by atoms with Crippen molar-refractivity contribution in [2.24, 2.45) is 0 Å². The standard InChI is InChI=1S/18CN.4Fe.3Ru/c18*1-2;;;;;;;/q18*-1;4*+3;3*+2. The van der Waals surface area contributed by atoms with E-state index in [1.54, 1.807) is 0 Å². The molecule has 0 bridgehead atoms. The molecule has 0 saturated carbocycles. The molecule has 0 saturated heterocycles. The molecule has 0 N–H and O–H groups in total. The van der Waals surface area contributed by atoms with Crippen LogP contribution in [0, 0.1) is 213 Å². The van der Waals surface area contributed by atoms with Crippen molar-refractivity contribution in [3.63, 3.8) is 0 Å². The molecule has 0 aromatic heterocycles. The molecule has 18 nitrogen and oxygen atoms in total. The maximum atomic E-state index is 6.25. The van der Waals surface area contributed by atoms with E-state index in [4.69, 9.17) is 213 Å². The van der Waals surface area contributed by atoms with Gasteiger partial charge < -0.3 is 213 Å². The summed E-state index contributed by atoms with van der Waals surface area (Å²) in [7, 11) is 0. The van der Waals surface area contributed by atoms with Crippen LogP contribution in [0.15, 0.2) is 0 Å². The van der Waals surface area contributed by atoms with Gasteiger partial charge >= 0.3 is 127 Å². The van der Waals surface area contributed by atoms with Crippen molar-refractivity contribution in [3.05, 3.63) is 118 Å². The Morgan fingerprint density at radius 3 is 0.116 bits per heavy atom. The Morgan fingerprint density at radius 1 is 0.116 bits per heavy atom. The molecular formula is C18Fe4N18Ru3. The van der Waals surface area contributed by atoms with E-state index in [1.807, 2.05) is 0 Å². The Morgan fingerprint density at radius 2 is 0.116 bits per heavy atom. The summed E-state index contributed by atoms with van der Waals surface area (Å²) in [5.74, 6) is 0. The molecule has 0 spiro atoms. The van der Waals surface area contributed by atoms with Crippen LogP contribution >= 0.6 is 0 Å². The van der Waals surface area contributed by atoms with Crippen LogP contribution in [-0.4, -0.2) is 0 Å². The molecule has 0 heterocycles. The summed E-state index contributed by atoms with van der Waals surface area (Å²) in [6, 6.07) is 0. The normalized spacial score (nSPS) is 0.837. The van der Waals surface area contributed by atoms with Crippen molar-refractivity contribution >= 4 is 0 Å². The van der Waals surface area contributed by atoms with Crippen molar-refractivity contribution in [1.82, 2.24) is 0 Å². The summed E-state index contributed by atoms with van der Waals surface area (Å²) < 4.78 is 0. The van der Waals surface area contributed by atoms with Gasteiger partial charge in [-0.1, -0.05) is 0 Å². The fourth-order valence-electron chi connectivity index (χ4n) is 0. The van der Waals surface area contributed by atoms with Crippen LogP contribution in [0.3, 0.4) is 0 Å². The second-order valence-corrected chi connectivity index (χ2v) is 0. The van der Waals surface area contributed by atoms with Gasteiger partial charge in [-0.05, 0) is 0 Å². The predicted octanol–water partition coefficient (Wildman–Crippen LogP) is 1.72. The van der Waals surface area contributed by atoms with Gasteiger partial charge in [0.25, 0.3) is 0 Å². The predicted molar refractivity (Wildman–Crippen MR) is 89.4 cm³/mol. The molecule has 0 aliphatic carbocycles. The largest absolute Gasteiger partial charge is 3.00 e. The summed E-state index contributed by atoms with van der Waals surface area (Å²) in [5, 5.41) is 112. The first-order valence-corrected chi connectivity index (χ1v) is 4.02. The summed E-state index contributed by atoms with van der Waals surface area (Å²) in [6.07, 6.45) is 0. The third-order valence-electron chi connectivity index (χ3n) is 0. The zero-order chi connectivity index (χ0) is 36.0. The Balaban J connectivity index is -0.00000000344. The maximum Gasteiger partial charge on any atom is 3.00 e. The van der Waals surface area contributed by atoms with Crippen LogP contribution in [0.25, 0.3) is 0 Å². The number of nitrogens with zero attached hydrogens (tertiary/aromatic N) is 18. The van der Waals surface area contributed by atoms with Gasteiger partial charge in [0, 0.05) is 0 Å². The van der Waals surface area contributed by atoms with E-state index in [0.717, 1.165) is 0 Å². The van der Waals surface area contributed by atoms with Crippen LogP contribution in [0.2, 0.25) is 0 Å². The zero-order valence-electron chi connectivity index (χ0n) is 19.5. The molecule has 218 valence electrons. The number of hydrogen-bond donors (Lipinski definition) is 0. The minimum atomic E-state index is 0. The molecule has 0 aromatic carbocycles. The summed E-state index contributed by atoms with van der Waals surface area (Å²) >= 11 is 0. The second kappa shape index (κ2) is 1720. The van der Waals surface area contributed by atoms with Gasteiger partial charge in [0.05, 0.1) is 0 Å². The van der Waals surface area contributed by atoms with Gasteiger partial charge in [-0.3, -0.25) is 0 Å². The van der Waals surface area contributed by atoms with Gasteiger partial charge in [0.15, 0.2) is 0 Å². The fraction of sp³-hybridized carbons (Fsp3) is 0. The van der Waals surface area contributed by atoms with Crippen LogP contribution < -0.4 is 0 Å². The average Bonchev–Trinajstić information content (AvgIpc) is 3.13. The Bertz CT molecular complexity index is 381. The van der Waals surface area contributed by atoms with Crippen molar-refractivity contribution in [3.8, 4) is 0 Å². The molecule has 0 fully saturated rings. The molecule has 0 rings (SSSR count). The monoisotopic (exact) mass is 998 g/mol. The van der Waals surface area contributed by atoms with Gasteiger partial charge in [0.2, 0.25) is 0 Å². The first kappa shape index (κ1) is 313. The molecular weight excluding hydrogens is 995 g/mol. The van der Waals surface area contributed by atoms with E-state index in [-0.39, 0.29) is 127 Å². The molecule has 43 heavy (non-hydrogen) atoms.